The Balaban J connectivity index is 0.000000260. The van der Waals surface area contributed by atoms with Crippen LogP contribution in [0.5, 0.6) is 0 Å². The number of likely N-dealkylation sites (tertiary alicyclic amines) is 2. The van der Waals surface area contributed by atoms with E-state index < -0.39 is 12.1 Å². The topological polar surface area (TPSA) is 78.7 Å². The molecule has 7 nitrogen and oxygen atoms in total. The second-order valence-electron chi connectivity index (χ2n) is 7.34. The van der Waals surface area contributed by atoms with E-state index in [-0.39, 0.29) is 0 Å². The van der Waals surface area contributed by atoms with Crippen LogP contribution < -0.4 is 0 Å². The quantitative estimate of drug-likeness (QED) is 0.849. The maximum atomic E-state index is 12.2. The number of aromatic nitrogens is 2. The average molecular weight is 388 g/mol. The van der Waals surface area contributed by atoms with E-state index in [1.807, 2.05) is 19.4 Å². The fourth-order valence-electron chi connectivity index (χ4n) is 3.75. The molecule has 150 valence electrons. The van der Waals surface area contributed by atoms with Crippen LogP contribution in [0.3, 0.4) is 0 Å². The Morgan fingerprint density at radius 3 is 2.48 bits per heavy atom. The number of fused-ring (bicyclic) bond motifs is 1. The van der Waals surface area contributed by atoms with E-state index in [0.29, 0.717) is 24.4 Å². The molecule has 10 heteroatoms. The van der Waals surface area contributed by atoms with Crippen LogP contribution in [0, 0.1) is 5.92 Å². The first-order valence-corrected chi connectivity index (χ1v) is 8.96. The molecule has 0 radical (unpaired) electrons. The second-order valence-corrected chi connectivity index (χ2v) is 7.34. The first-order chi connectivity index (χ1) is 12.7. The summed E-state index contributed by atoms with van der Waals surface area (Å²) in [6.45, 7) is 2.97. The van der Waals surface area contributed by atoms with Crippen molar-refractivity contribution in [1.29, 1.82) is 0 Å². The summed E-state index contributed by atoms with van der Waals surface area (Å²) < 4.78 is 33.8. The number of halogens is 3. The molecule has 1 aromatic rings. The van der Waals surface area contributed by atoms with Crippen LogP contribution in [0.4, 0.5) is 13.2 Å². The van der Waals surface area contributed by atoms with Gasteiger partial charge in [-0.3, -0.25) is 9.69 Å². The Bertz CT molecular complexity index is 702. The van der Waals surface area contributed by atoms with Gasteiger partial charge in [-0.15, -0.1) is 0 Å². The molecule has 1 amide bonds. The monoisotopic (exact) mass is 388 g/mol. The van der Waals surface area contributed by atoms with E-state index in [2.05, 4.69) is 19.4 Å². The highest BCUT2D eigenvalue weighted by Crippen LogP contribution is 2.37. The highest BCUT2D eigenvalue weighted by atomic mass is 19.4. The molecular weight excluding hydrogens is 365 g/mol. The smallest absolute Gasteiger partial charge is 0.475 e. The van der Waals surface area contributed by atoms with Crippen molar-refractivity contribution in [3.8, 4) is 0 Å². The normalized spacial score (nSPS) is 25.3. The molecule has 2 atom stereocenters. The predicted octanol–water partition coefficient (Wildman–Crippen LogP) is 1.64. The van der Waals surface area contributed by atoms with Gasteiger partial charge in [-0.05, 0) is 25.2 Å². The van der Waals surface area contributed by atoms with Gasteiger partial charge < -0.3 is 14.6 Å². The second kappa shape index (κ2) is 7.49. The Labute approximate surface area is 154 Å². The Kier molecular flexibility index (Phi) is 5.45. The zero-order chi connectivity index (χ0) is 19.8. The molecule has 1 N–H and O–H groups in total. The molecule has 0 aromatic carbocycles. The third kappa shape index (κ3) is 4.60. The van der Waals surface area contributed by atoms with E-state index in [1.54, 1.807) is 0 Å². The summed E-state index contributed by atoms with van der Waals surface area (Å²) in [5, 5.41) is 7.12. The number of amides is 1. The molecule has 1 aliphatic carbocycles. The van der Waals surface area contributed by atoms with Gasteiger partial charge in [0.25, 0.3) is 0 Å². The van der Waals surface area contributed by atoms with Crippen molar-refractivity contribution in [2.75, 3.05) is 13.1 Å². The molecule has 4 rings (SSSR count). The minimum absolute atomic E-state index is 0.372. The lowest BCUT2D eigenvalue weighted by atomic mass is 10.1. The van der Waals surface area contributed by atoms with Crippen molar-refractivity contribution in [3.63, 3.8) is 0 Å². The lowest BCUT2D eigenvalue weighted by molar-refractivity contribution is -0.192. The van der Waals surface area contributed by atoms with Gasteiger partial charge >= 0.3 is 12.1 Å². The predicted molar refractivity (Wildman–Crippen MR) is 88.6 cm³/mol. The van der Waals surface area contributed by atoms with E-state index in [1.165, 1.54) is 12.8 Å². The zero-order valence-electron chi connectivity index (χ0n) is 15.0. The highest BCUT2D eigenvalue weighted by molar-refractivity contribution is 5.80. The summed E-state index contributed by atoms with van der Waals surface area (Å²) >= 11 is 0. The minimum atomic E-state index is -5.08. The lowest BCUT2D eigenvalue weighted by Crippen LogP contribution is -2.38. The van der Waals surface area contributed by atoms with Crippen molar-refractivity contribution in [1.82, 2.24) is 19.4 Å². The van der Waals surface area contributed by atoms with Crippen LogP contribution in [0.25, 0.3) is 0 Å². The number of carbonyl (C=O) groups is 2. The molecule has 3 heterocycles. The fraction of sp³-hybridized carbons (Fsp3) is 0.706. The molecule has 3 aliphatic rings. The number of aryl methyl sites for hydroxylation is 1. The van der Waals surface area contributed by atoms with Crippen molar-refractivity contribution < 1.29 is 27.9 Å². The number of carboxylic acids is 1. The molecule has 1 saturated carbocycles. The number of nitrogens with zero attached hydrogens (tertiary/aromatic N) is 4. The maximum absolute atomic E-state index is 12.2. The van der Waals surface area contributed by atoms with Gasteiger partial charge in [0.2, 0.25) is 5.91 Å². The summed E-state index contributed by atoms with van der Waals surface area (Å²) in [6, 6.07) is 0.876. The molecular formula is C17H23F3N4O3. The number of imidazole rings is 1. The number of carboxylic acid groups (broad SMARTS) is 1. The summed E-state index contributed by atoms with van der Waals surface area (Å²) in [6.07, 6.45) is 3.23. The SMILES string of the molecule is Cn1ccnc1CN1CCC2C1CC(=O)N2CC1CC1.O=C(O)C(F)(F)F. The van der Waals surface area contributed by atoms with Crippen LogP contribution in [0.2, 0.25) is 0 Å². The first-order valence-electron chi connectivity index (χ1n) is 8.96. The number of alkyl halides is 3. The van der Waals surface area contributed by atoms with Gasteiger partial charge in [0.15, 0.2) is 0 Å². The van der Waals surface area contributed by atoms with Crippen LogP contribution >= 0.6 is 0 Å². The van der Waals surface area contributed by atoms with Gasteiger partial charge in [0, 0.05) is 51.0 Å². The molecule has 27 heavy (non-hydrogen) atoms. The van der Waals surface area contributed by atoms with E-state index in [0.717, 1.165) is 37.8 Å². The molecule has 2 aliphatic heterocycles. The van der Waals surface area contributed by atoms with Gasteiger partial charge in [0.05, 0.1) is 6.54 Å². The summed E-state index contributed by atoms with van der Waals surface area (Å²) in [7, 11) is 2.04. The molecule has 1 aromatic heterocycles. The summed E-state index contributed by atoms with van der Waals surface area (Å²) in [4.78, 5) is 30.2. The van der Waals surface area contributed by atoms with Gasteiger partial charge in [-0.25, -0.2) is 9.78 Å². The average Bonchev–Trinajstić information content (AvgIpc) is 3.08. The highest BCUT2D eigenvalue weighted by Gasteiger charge is 2.47. The van der Waals surface area contributed by atoms with Crippen molar-refractivity contribution >= 4 is 11.9 Å². The number of carbonyl (C=O) groups excluding carboxylic acids is 1. The number of aliphatic carboxylic acids is 1. The van der Waals surface area contributed by atoms with Gasteiger partial charge in [-0.1, -0.05) is 0 Å². The van der Waals surface area contributed by atoms with Crippen LogP contribution in [-0.4, -0.2) is 67.7 Å². The van der Waals surface area contributed by atoms with Crippen molar-refractivity contribution in [2.45, 2.75) is 50.5 Å². The molecule has 0 bridgehead atoms. The zero-order valence-corrected chi connectivity index (χ0v) is 15.0. The van der Waals surface area contributed by atoms with Crippen molar-refractivity contribution in [3.05, 3.63) is 18.2 Å². The lowest BCUT2D eigenvalue weighted by Gasteiger charge is -2.25. The Hall–Kier alpha value is -2.10. The molecule has 2 unspecified atom stereocenters. The van der Waals surface area contributed by atoms with Crippen LogP contribution in [0.1, 0.15) is 31.5 Å². The molecule has 3 fully saturated rings. The third-order valence-corrected chi connectivity index (χ3v) is 5.39. The fourth-order valence-corrected chi connectivity index (χ4v) is 3.75. The third-order valence-electron chi connectivity index (χ3n) is 5.39. The maximum Gasteiger partial charge on any atom is 0.490 e. The molecule has 2 saturated heterocycles. The Morgan fingerprint density at radius 1 is 1.30 bits per heavy atom. The van der Waals surface area contributed by atoms with Gasteiger partial charge in [0.1, 0.15) is 5.82 Å². The number of rotatable bonds is 4. The number of hydrogen-bond donors (Lipinski definition) is 1. The van der Waals surface area contributed by atoms with Crippen LogP contribution in [-0.2, 0) is 23.2 Å². The summed E-state index contributed by atoms with van der Waals surface area (Å²) in [5.74, 6) is -0.496. The van der Waals surface area contributed by atoms with E-state index in [9.17, 15) is 18.0 Å². The van der Waals surface area contributed by atoms with Crippen molar-refractivity contribution in [2.24, 2.45) is 13.0 Å². The minimum Gasteiger partial charge on any atom is -0.475 e. The first kappa shape index (κ1) is 19.7. The van der Waals surface area contributed by atoms with E-state index >= 15 is 0 Å². The van der Waals surface area contributed by atoms with Gasteiger partial charge in [-0.2, -0.15) is 13.2 Å². The Morgan fingerprint density at radius 2 is 1.96 bits per heavy atom. The van der Waals surface area contributed by atoms with E-state index in [4.69, 9.17) is 9.90 Å². The molecule has 0 spiro atoms. The largest absolute Gasteiger partial charge is 0.490 e. The summed E-state index contributed by atoms with van der Waals surface area (Å²) in [5.41, 5.74) is 0. The standard InChI is InChI=1S/C15H22N4O.C2HF3O2/c1-17-7-5-16-14(17)10-18-6-4-12-13(18)8-15(20)19(12)9-11-2-3-11;3-2(4,5)1(6)7/h5,7,11-13H,2-4,6,8-10H2,1H3;(H,6,7). The van der Waals surface area contributed by atoms with Crippen LogP contribution in [0.15, 0.2) is 12.4 Å². The number of hydrogen-bond acceptors (Lipinski definition) is 4.